The van der Waals surface area contributed by atoms with E-state index in [1.54, 1.807) is 24.7 Å². The van der Waals surface area contributed by atoms with Crippen molar-refractivity contribution in [1.82, 2.24) is 9.55 Å². The van der Waals surface area contributed by atoms with Crippen LogP contribution >= 0.6 is 0 Å². The lowest BCUT2D eigenvalue weighted by atomic mass is 9.95. The lowest BCUT2D eigenvalue weighted by Gasteiger charge is -2.40. The molecule has 0 amide bonds. The van der Waals surface area contributed by atoms with E-state index in [9.17, 15) is 9.59 Å². The minimum atomic E-state index is -0.369. The van der Waals surface area contributed by atoms with E-state index in [4.69, 9.17) is 4.74 Å². The number of nitrogens with one attached hydrogen (secondary N) is 1. The topological polar surface area (TPSA) is 67.3 Å². The number of aromatic amines is 1. The minimum Gasteiger partial charge on any atom is -0.483 e. The van der Waals surface area contributed by atoms with Crippen LogP contribution in [0.15, 0.2) is 35.4 Å². The Balaban J connectivity index is 2.10. The molecule has 1 aliphatic rings. The number of benzene rings is 1. The summed E-state index contributed by atoms with van der Waals surface area (Å²) in [6.45, 7) is 6.36. The van der Waals surface area contributed by atoms with Crippen LogP contribution in [0.2, 0.25) is 0 Å². The Labute approximate surface area is 157 Å². The normalized spacial score (nSPS) is 15.5. The van der Waals surface area contributed by atoms with E-state index in [1.165, 1.54) is 0 Å². The molecule has 140 valence electrons. The van der Waals surface area contributed by atoms with Gasteiger partial charge in [0, 0.05) is 48.6 Å². The third kappa shape index (κ3) is 2.72. The molecule has 0 radical (unpaired) electrons. The number of ether oxygens (including phenoxy) is 1. The maximum atomic E-state index is 12.4. The van der Waals surface area contributed by atoms with Gasteiger partial charge in [-0.05, 0) is 39.0 Å². The van der Waals surface area contributed by atoms with Gasteiger partial charge < -0.3 is 19.2 Å². The summed E-state index contributed by atoms with van der Waals surface area (Å²) in [5, 5.41) is 0.815. The lowest BCUT2D eigenvalue weighted by Crippen LogP contribution is -2.45. The standard InChI is InChI=1S/C21H23N3O3/c1-12(25)13-8-15(19-17(9-13)24(5)11-21(2,3)27-19)16-10-23(4)20(26)18-14(16)6-7-22-18/h6-10,22H,11H2,1-5H3. The summed E-state index contributed by atoms with van der Waals surface area (Å²) in [6, 6.07) is 5.63. The summed E-state index contributed by atoms with van der Waals surface area (Å²) in [7, 11) is 3.73. The molecule has 3 heterocycles. The van der Waals surface area contributed by atoms with Gasteiger partial charge in [0.15, 0.2) is 11.5 Å². The van der Waals surface area contributed by atoms with Crippen molar-refractivity contribution in [3.8, 4) is 16.9 Å². The quantitative estimate of drug-likeness (QED) is 0.707. The maximum absolute atomic E-state index is 12.4. The fraction of sp³-hybridized carbons (Fsp3) is 0.333. The van der Waals surface area contributed by atoms with Crippen LogP contribution in [0.4, 0.5) is 5.69 Å². The van der Waals surface area contributed by atoms with E-state index in [2.05, 4.69) is 9.88 Å². The van der Waals surface area contributed by atoms with Crippen molar-refractivity contribution < 1.29 is 9.53 Å². The molecular formula is C21H23N3O3. The van der Waals surface area contributed by atoms with Gasteiger partial charge in [-0.1, -0.05) is 0 Å². The van der Waals surface area contributed by atoms with Gasteiger partial charge in [-0.25, -0.2) is 0 Å². The van der Waals surface area contributed by atoms with Gasteiger partial charge in [0.1, 0.15) is 11.1 Å². The van der Waals surface area contributed by atoms with Crippen LogP contribution in [0, 0.1) is 0 Å². The summed E-state index contributed by atoms with van der Waals surface area (Å²) in [6.07, 6.45) is 3.57. The number of likely N-dealkylation sites (N-methyl/N-ethyl adjacent to an activating group) is 1. The zero-order valence-electron chi connectivity index (χ0n) is 16.2. The molecule has 2 aromatic heterocycles. The van der Waals surface area contributed by atoms with Crippen molar-refractivity contribution in [2.45, 2.75) is 26.4 Å². The molecule has 1 N–H and O–H groups in total. The first-order valence-corrected chi connectivity index (χ1v) is 8.94. The molecule has 1 aliphatic heterocycles. The molecule has 1 aromatic carbocycles. The summed E-state index contributed by atoms with van der Waals surface area (Å²) in [4.78, 5) is 29.7. The molecule has 0 fully saturated rings. The zero-order valence-corrected chi connectivity index (χ0v) is 16.2. The number of Topliss-reactive ketones (excluding diaryl/α,β-unsaturated/α-hetero) is 1. The van der Waals surface area contributed by atoms with Gasteiger partial charge in [-0.2, -0.15) is 0 Å². The monoisotopic (exact) mass is 365 g/mol. The second-order valence-electron chi connectivity index (χ2n) is 7.87. The molecule has 0 aliphatic carbocycles. The van der Waals surface area contributed by atoms with E-state index in [-0.39, 0.29) is 16.9 Å². The van der Waals surface area contributed by atoms with E-state index in [0.29, 0.717) is 17.6 Å². The first kappa shape index (κ1) is 17.4. The molecule has 27 heavy (non-hydrogen) atoms. The molecule has 0 atom stereocenters. The fourth-order valence-electron chi connectivity index (χ4n) is 3.86. The smallest absolute Gasteiger partial charge is 0.274 e. The molecular weight excluding hydrogens is 342 g/mol. The summed E-state index contributed by atoms with van der Waals surface area (Å²) in [5.74, 6) is 0.729. The second-order valence-corrected chi connectivity index (χ2v) is 7.87. The first-order chi connectivity index (χ1) is 12.7. The van der Waals surface area contributed by atoms with Gasteiger partial charge in [0.2, 0.25) is 0 Å². The molecule has 0 saturated carbocycles. The number of aromatic nitrogens is 2. The zero-order chi connectivity index (χ0) is 19.5. The fourth-order valence-corrected chi connectivity index (χ4v) is 3.86. The highest BCUT2D eigenvalue weighted by Gasteiger charge is 2.33. The second kappa shape index (κ2) is 5.74. The van der Waals surface area contributed by atoms with Crippen LogP contribution in [-0.4, -0.2) is 34.5 Å². The average Bonchev–Trinajstić information content (AvgIpc) is 3.06. The number of carbonyl (C=O) groups is 1. The van der Waals surface area contributed by atoms with Gasteiger partial charge >= 0.3 is 0 Å². The highest BCUT2D eigenvalue weighted by molar-refractivity contribution is 6.02. The van der Waals surface area contributed by atoms with E-state index in [1.807, 2.05) is 45.3 Å². The third-order valence-electron chi connectivity index (χ3n) is 5.07. The summed E-state index contributed by atoms with van der Waals surface area (Å²) >= 11 is 0. The van der Waals surface area contributed by atoms with Crippen molar-refractivity contribution in [2.75, 3.05) is 18.5 Å². The summed E-state index contributed by atoms with van der Waals surface area (Å²) < 4.78 is 7.91. The number of aryl methyl sites for hydroxylation is 1. The number of hydrogen-bond acceptors (Lipinski definition) is 4. The van der Waals surface area contributed by atoms with E-state index >= 15 is 0 Å². The highest BCUT2D eigenvalue weighted by Crippen LogP contribution is 2.45. The van der Waals surface area contributed by atoms with Crippen LogP contribution in [0.5, 0.6) is 5.75 Å². The molecule has 6 nitrogen and oxygen atoms in total. The number of H-pyrrole nitrogens is 1. The van der Waals surface area contributed by atoms with E-state index in [0.717, 1.165) is 28.0 Å². The third-order valence-corrected chi connectivity index (χ3v) is 5.07. The summed E-state index contributed by atoms with van der Waals surface area (Å²) in [5.41, 5.74) is 3.27. The molecule has 3 aromatic rings. The van der Waals surface area contributed by atoms with Crippen molar-refractivity contribution in [3.63, 3.8) is 0 Å². The molecule has 0 bridgehead atoms. The van der Waals surface area contributed by atoms with Crippen molar-refractivity contribution in [1.29, 1.82) is 0 Å². The van der Waals surface area contributed by atoms with Crippen LogP contribution in [0.25, 0.3) is 22.0 Å². The molecule has 0 saturated heterocycles. The highest BCUT2D eigenvalue weighted by atomic mass is 16.5. The average molecular weight is 365 g/mol. The van der Waals surface area contributed by atoms with Gasteiger partial charge in [0.05, 0.1) is 12.2 Å². The molecule has 0 unspecified atom stereocenters. The van der Waals surface area contributed by atoms with Crippen LogP contribution in [0.3, 0.4) is 0 Å². The van der Waals surface area contributed by atoms with Gasteiger partial charge in [-0.15, -0.1) is 0 Å². The van der Waals surface area contributed by atoms with Crippen molar-refractivity contribution in [2.24, 2.45) is 7.05 Å². The number of nitrogens with zero attached hydrogens (tertiary/aromatic N) is 2. The molecule has 4 rings (SSSR count). The Morgan fingerprint density at radius 3 is 2.67 bits per heavy atom. The first-order valence-electron chi connectivity index (χ1n) is 8.94. The Kier molecular flexibility index (Phi) is 3.70. The maximum Gasteiger partial charge on any atom is 0.274 e. The number of ketones is 1. The largest absolute Gasteiger partial charge is 0.483 e. The Morgan fingerprint density at radius 1 is 1.22 bits per heavy atom. The lowest BCUT2D eigenvalue weighted by molar-refractivity contribution is 0.101. The number of fused-ring (bicyclic) bond motifs is 2. The number of hydrogen-bond donors (Lipinski definition) is 1. The SMILES string of the molecule is CC(=O)c1cc(-c2cn(C)c(=O)c3[nH]ccc23)c2c(c1)N(C)CC(C)(C)O2. The van der Waals surface area contributed by atoms with Gasteiger partial charge in [0.25, 0.3) is 5.56 Å². The number of pyridine rings is 1. The Morgan fingerprint density at radius 2 is 1.96 bits per heavy atom. The van der Waals surface area contributed by atoms with Gasteiger partial charge in [-0.3, -0.25) is 9.59 Å². The van der Waals surface area contributed by atoms with Crippen LogP contribution in [0.1, 0.15) is 31.1 Å². The Hall–Kier alpha value is -3.02. The number of carbonyl (C=O) groups excluding carboxylic acids is 1. The predicted octanol–water partition coefficient (Wildman–Crippen LogP) is 3.34. The molecule has 6 heteroatoms. The van der Waals surface area contributed by atoms with Crippen LogP contribution < -0.4 is 15.2 Å². The number of rotatable bonds is 2. The predicted molar refractivity (Wildman–Crippen MR) is 107 cm³/mol. The Bertz CT molecular complexity index is 1140. The van der Waals surface area contributed by atoms with Crippen molar-refractivity contribution in [3.05, 3.63) is 46.5 Å². The minimum absolute atomic E-state index is 0.00702. The number of anilines is 1. The van der Waals surface area contributed by atoms with Crippen LogP contribution in [-0.2, 0) is 7.05 Å². The molecule has 0 spiro atoms. The van der Waals surface area contributed by atoms with E-state index < -0.39 is 0 Å². The van der Waals surface area contributed by atoms with Crippen molar-refractivity contribution >= 4 is 22.4 Å².